The number of piperidine rings is 1. The van der Waals surface area contributed by atoms with Crippen molar-refractivity contribution in [1.82, 2.24) is 4.90 Å². The number of hydrogen-bond donors (Lipinski definition) is 1. The quantitative estimate of drug-likeness (QED) is 0.865. The Hall–Kier alpha value is -1.68. The molecule has 2 heterocycles. The van der Waals surface area contributed by atoms with Crippen molar-refractivity contribution in [2.45, 2.75) is 36.8 Å². The average Bonchev–Trinajstić information content (AvgIpc) is 2.88. The fourth-order valence-corrected chi connectivity index (χ4v) is 5.49. The number of hydrogen-bond acceptors (Lipinski definition) is 4. The molecular formula is C18H21NO3. The van der Waals surface area contributed by atoms with E-state index in [1.165, 1.54) is 11.1 Å². The van der Waals surface area contributed by atoms with Crippen LogP contribution in [0.3, 0.4) is 0 Å². The van der Waals surface area contributed by atoms with Crippen molar-refractivity contribution in [3.05, 3.63) is 35.1 Å². The Bertz CT molecular complexity index is 698. The molecule has 2 aliphatic carbocycles. The maximum absolute atomic E-state index is 10.5. The summed E-state index contributed by atoms with van der Waals surface area (Å²) < 4.78 is 11.8. The molecule has 1 spiro atoms. The number of nitrogens with zero attached hydrogens (tertiary/aromatic N) is 1. The van der Waals surface area contributed by atoms with Gasteiger partial charge in [0.2, 0.25) is 0 Å². The minimum absolute atomic E-state index is 0.0620. The van der Waals surface area contributed by atoms with Crippen LogP contribution in [0.4, 0.5) is 0 Å². The van der Waals surface area contributed by atoms with Gasteiger partial charge in [-0.3, -0.25) is 0 Å². The molecule has 2 aliphatic heterocycles. The number of aliphatic hydroxyl groups is 1. The van der Waals surface area contributed by atoms with Crippen LogP contribution in [0.15, 0.2) is 24.0 Å². The van der Waals surface area contributed by atoms with Gasteiger partial charge in [0.25, 0.3) is 0 Å². The molecule has 4 heteroatoms. The summed E-state index contributed by atoms with van der Waals surface area (Å²) in [6.07, 6.45) is 4.80. The lowest BCUT2D eigenvalue weighted by Gasteiger charge is -2.56. The third kappa shape index (κ3) is 1.25. The van der Waals surface area contributed by atoms with Gasteiger partial charge in [-0.25, -0.2) is 0 Å². The van der Waals surface area contributed by atoms with E-state index in [1.54, 1.807) is 7.11 Å². The van der Waals surface area contributed by atoms with Gasteiger partial charge in [-0.2, -0.15) is 0 Å². The Morgan fingerprint density at radius 2 is 2.27 bits per heavy atom. The summed E-state index contributed by atoms with van der Waals surface area (Å²) >= 11 is 0. The SMILES string of the molecule is COc1ccc2c3c1O[C@H]1C(O)=CC[C@H]4[C@@H](C2)N(C)CC[C@]314. The number of likely N-dealkylation sites (tertiary alicyclic amines) is 1. The molecule has 4 nitrogen and oxygen atoms in total. The first-order valence-corrected chi connectivity index (χ1v) is 8.13. The summed E-state index contributed by atoms with van der Waals surface area (Å²) in [6.45, 7) is 1.06. The van der Waals surface area contributed by atoms with Gasteiger partial charge in [0, 0.05) is 17.0 Å². The summed E-state index contributed by atoms with van der Waals surface area (Å²) in [6, 6.07) is 4.75. The van der Waals surface area contributed by atoms with Crippen molar-refractivity contribution >= 4 is 0 Å². The topological polar surface area (TPSA) is 41.9 Å². The van der Waals surface area contributed by atoms with Gasteiger partial charge >= 0.3 is 0 Å². The van der Waals surface area contributed by atoms with Gasteiger partial charge in [0.15, 0.2) is 17.6 Å². The van der Waals surface area contributed by atoms with Crippen LogP contribution in [-0.4, -0.2) is 42.9 Å². The highest BCUT2D eigenvalue weighted by molar-refractivity contribution is 5.62. The van der Waals surface area contributed by atoms with Crippen LogP contribution in [0.25, 0.3) is 0 Å². The summed E-state index contributed by atoms with van der Waals surface area (Å²) in [7, 11) is 3.92. The van der Waals surface area contributed by atoms with Gasteiger partial charge in [-0.1, -0.05) is 6.07 Å². The highest BCUT2D eigenvalue weighted by Crippen LogP contribution is 2.63. The van der Waals surface area contributed by atoms with Gasteiger partial charge in [-0.15, -0.1) is 0 Å². The zero-order valence-electron chi connectivity index (χ0n) is 13.0. The van der Waals surface area contributed by atoms with Gasteiger partial charge in [-0.05, 0) is 56.5 Å². The molecule has 22 heavy (non-hydrogen) atoms. The lowest BCUT2D eigenvalue weighted by Crippen LogP contribution is -2.63. The second kappa shape index (κ2) is 3.99. The third-order valence-corrected chi connectivity index (χ3v) is 6.45. The maximum atomic E-state index is 10.5. The largest absolute Gasteiger partial charge is 0.509 e. The first-order valence-electron chi connectivity index (χ1n) is 8.13. The van der Waals surface area contributed by atoms with Crippen molar-refractivity contribution in [3.63, 3.8) is 0 Å². The number of aliphatic hydroxyl groups excluding tert-OH is 1. The van der Waals surface area contributed by atoms with Crippen LogP contribution in [-0.2, 0) is 11.8 Å². The Morgan fingerprint density at radius 3 is 3.09 bits per heavy atom. The molecule has 0 amide bonds. The molecule has 116 valence electrons. The third-order valence-electron chi connectivity index (χ3n) is 6.45. The van der Waals surface area contributed by atoms with E-state index in [2.05, 4.69) is 18.0 Å². The lowest BCUT2D eigenvalue weighted by molar-refractivity contribution is -0.0224. The predicted octanol–water partition coefficient (Wildman–Crippen LogP) is 2.42. The smallest absolute Gasteiger partial charge is 0.166 e. The van der Waals surface area contributed by atoms with Crippen LogP contribution < -0.4 is 9.47 Å². The van der Waals surface area contributed by atoms with Crippen LogP contribution in [0.2, 0.25) is 0 Å². The highest BCUT2D eigenvalue weighted by Gasteiger charge is 2.64. The van der Waals surface area contributed by atoms with Gasteiger partial charge in [0.05, 0.1) is 7.11 Å². The zero-order chi connectivity index (χ0) is 15.1. The first-order chi connectivity index (χ1) is 10.7. The van der Waals surface area contributed by atoms with Crippen molar-refractivity contribution < 1.29 is 14.6 Å². The fraction of sp³-hybridized carbons (Fsp3) is 0.556. The summed E-state index contributed by atoms with van der Waals surface area (Å²) in [4.78, 5) is 2.49. The summed E-state index contributed by atoms with van der Waals surface area (Å²) in [5.41, 5.74) is 2.64. The molecule has 0 aromatic heterocycles. The average molecular weight is 299 g/mol. The molecule has 4 atom stereocenters. The Labute approximate surface area is 130 Å². The molecule has 1 N–H and O–H groups in total. The van der Waals surface area contributed by atoms with E-state index < -0.39 is 0 Å². The zero-order valence-corrected chi connectivity index (χ0v) is 13.0. The molecule has 4 aliphatic rings. The molecule has 0 unspecified atom stereocenters. The van der Waals surface area contributed by atoms with Gasteiger partial charge < -0.3 is 19.5 Å². The molecule has 1 aromatic rings. The first kappa shape index (κ1) is 12.8. The standard InChI is InChI=1S/C18H21NO3/c1-19-8-7-18-11-4-5-13(20)17(18)22-16-14(21-2)6-3-10(15(16)18)9-12(11)19/h3,5-6,11-12,17,20H,4,7-9H2,1-2H3/t11-,12+,17-,18-/m0/s1. The molecule has 1 fully saturated rings. The molecule has 1 aromatic carbocycles. The Morgan fingerprint density at radius 1 is 1.41 bits per heavy atom. The normalized spacial score (nSPS) is 38.1. The molecule has 2 bridgehead atoms. The van der Waals surface area contributed by atoms with Crippen LogP contribution >= 0.6 is 0 Å². The van der Waals surface area contributed by atoms with E-state index in [1.807, 2.05) is 12.1 Å². The van der Waals surface area contributed by atoms with Crippen molar-refractivity contribution in [1.29, 1.82) is 0 Å². The highest BCUT2D eigenvalue weighted by atomic mass is 16.5. The van der Waals surface area contributed by atoms with Gasteiger partial charge in [0.1, 0.15) is 5.76 Å². The van der Waals surface area contributed by atoms with E-state index in [4.69, 9.17) is 9.47 Å². The van der Waals surface area contributed by atoms with Crippen molar-refractivity contribution in [2.24, 2.45) is 5.92 Å². The maximum Gasteiger partial charge on any atom is 0.166 e. The summed E-state index contributed by atoms with van der Waals surface area (Å²) in [5, 5.41) is 10.5. The van der Waals surface area contributed by atoms with Crippen LogP contribution in [0.1, 0.15) is 24.0 Å². The Balaban J connectivity index is 1.83. The van der Waals surface area contributed by atoms with Crippen LogP contribution in [0.5, 0.6) is 11.5 Å². The van der Waals surface area contributed by atoms with E-state index in [0.29, 0.717) is 17.7 Å². The fourth-order valence-electron chi connectivity index (χ4n) is 5.49. The molecule has 0 radical (unpaired) electrons. The lowest BCUT2D eigenvalue weighted by atomic mass is 9.53. The second-order valence-corrected chi connectivity index (χ2v) is 7.14. The number of allylic oxidation sites excluding steroid dienone is 1. The van der Waals surface area contributed by atoms with E-state index in [9.17, 15) is 5.11 Å². The van der Waals surface area contributed by atoms with Crippen molar-refractivity contribution in [2.75, 3.05) is 20.7 Å². The number of likely N-dealkylation sites (N-methyl/N-ethyl adjacent to an activating group) is 1. The van der Waals surface area contributed by atoms with Crippen molar-refractivity contribution in [3.8, 4) is 11.5 Å². The molecule has 5 rings (SSSR count). The monoisotopic (exact) mass is 299 g/mol. The minimum atomic E-state index is -0.229. The summed E-state index contributed by atoms with van der Waals surface area (Å²) in [5.74, 6) is 2.60. The number of rotatable bonds is 1. The molecular weight excluding hydrogens is 278 g/mol. The number of benzene rings is 1. The van der Waals surface area contributed by atoms with E-state index in [-0.39, 0.29) is 11.5 Å². The number of ether oxygens (including phenoxy) is 2. The predicted molar refractivity (Wildman–Crippen MR) is 82.6 cm³/mol. The second-order valence-electron chi connectivity index (χ2n) is 7.14. The van der Waals surface area contributed by atoms with Crippen LogP contribution in [0, 0.1) is 5.92 Å². The molecule has 0 saturated carbocycles. The molecule has 1 saturated heterocycles. The minimum Gasteiger partial charge on any atom is -0.509 e. The number of methoxy groups -OCH3 is 1. The Kier molecular flexibility index (Phi) is 2.32. The van der Waals surface area contributed by atoms with E-state index in [0.717, 1.165) is 37.3 Å². The van der Waals surface area contributed by atoms with E-state index >= 15 is 0 Å².